The predicted molar refractivity (Wildman–Crippen MR) is 72.1 cm³/mol. The molecular formula is C12H13F3N2O2S. The van der Waals surface area contributed by atoms with Gasteiger partial charge in [-0.05, 0) is 31.2 Å². The maximum absolute atomic E-state index is 12.8. The zero-order valence-corrected chi connectivity index (χ0v) is 11.5. The van der Waals surface area contributed by atoms with Crippen LogP contribution in [-0.2, 0) is 6.18 Å². The van der Waals surface area contributed by atoms with Crippen molar-refractivity contribution in [2.45, 2.75) is 23.8 Å². The first-order valence-corrected chi connectivity index (χ1v) is 7.15. The lowest BCUT2D eigenvalue weighted by atomic mass is 10.1. The third kappa shape index (κ3) is 3.17. The Bertz CT molecular complexity index is 530. The van der Waals surface area contributed by atoms with E-state index in [1.165, 1.54) is 6.07 Å². The monoisotopic (exact) mass is 306 g/mol. The highest BCUT2D eigenvalue weighted by Gasteiger charge is 2.42. The largest absolute Gasteiger partial charge is 0.423 e. The molecule has 0 saturated heterocycles. The van der Waals surface area contributed by atoms with E-state index in [9.17, 15) is 23.3 Å². The van der Waals surface area contributed by atoms with Crippen LogP contribution in [0, 0.1) is 10.1 Å². The molecule has 4 nitrogen and oxygen atoms in total. The van der Waals surface area contributed by atoms with Crippen molar-refractivity contribution < 1.29 is 18.1 Å². The molecule has 1 fully saturated rings. The Balaban J connectivity index is 2.21. The van der Waals surface area contributed by atoms with Crippen molar-refractivity contribution in [1.29, 1.82) is 0 Å². The maximum Gasteiger partial charge on any atom is 0.423 e. The van der Waals surface area contributed by atoms with Crippen LogP contribution in [0.4, 0.5) is 24.5 Å². The van der Waals surface area contributed by atoms with Crippen molar-refractivity contribution in [2.24, 2.45) is 0 Å². The summed E-state index contributed by atoms with van der Waals surface area (Å²) in [5.74, 6) is 0. The number of thioether (sulfide) groups is 1. The van der Waals surface area contributed by atoms with Gasteiger partial charge in [-0.3, -0.25) is 10.1 Å². The fourth-order valence-corrected chi connectivity index (χ4v) is 2.61. The fraction of sp³-hybridized carbons (Fsp3) is 0.500. The zero-order valence-electron chi connectivity index (χ0n) is 10.7. The number of anilines is 1. The van der Waals surface area contributed by atoms with E-state index in [1.807, 2.05) is 6.26 Å². The van der Waals surface area contributed by atoms with Gasteiger partial charge < -0.3 is 5.32 Å². The number of nitro benzene ring substituents is 1. The van der Waals surface area contributed by atoms with Crippen molar-refractivity contribution in [3.05, 3.63) is 33.9 Å². The van der Waals surface area contributed by atoms with E-state index in [4.69, 9.17) is 0 Å². The molecule has 1 aromatic carbocycles. The molecule has 8 heteroatoms. The molecule has 0 amide bonds. The van der Waals surface area contributed by atoms with Gasteiger partial charge in [0.2, 0.25) is 0 Å². The van der Waals surface area contributed by atoms with Crippen molar-refractivity contribution in [1.82, 2.24) is 0 Å². The lowest BCUT2D eigenvalue weighted by molar-refractivity contribution is -0.388. The summed E-state index contributed by atoms with van der Waals surface area (Å²) in [4.78, 5) is 9.62. The van der Waals surface area contributed by atoms with Crippen LogP contribution in [0.5, 0.6) is 0 Å². The number of halogens is 3. The fourth-order valence-electron chi connectivity index (χ4n) is 1.89. The predicted octanol–water partition coefficient (Wildman–Crippen LogP) is 3.92. The molecule has 0 bridgehead atoms. The second kappa shape index (κ2) is 5.16. The van der Waals surface area contributed by atoms with E-state index >= 15 is 0 Å². The minimum absolute atomic E-state index is 0.0974. The molecule has 0 unspecified atom stereocenters. The van der Waals surface area contributed by atoms with Gasteiger partial charge in [-0.2, -0.15) is 24.9 Å². The average Bonchev–Trinajstić information content (AvgIpc) is 3.15. The maximum atomic E-state index is 12.8. The number of nitrogens with zero attached hydrogens (tertiary/aromatic N) is 1. The summed E-state index contributed by atoms with van der Waals surface area (Å²) in [6.07, 6.45) is -0.719. The second-order valence-electron chi connectivity index (χ2n) is 4.73. The molecule has 1 saturated carbocycles. The van der Waals surface area contributed by atoms with Gasteiger partial charge in [-0.25, -0.2) is 0 Å². The molecule has 1 aliphatic rings. The molecule has 20 heavy (non-hydrogen) atoms. The van der Waals surface area contributed by atoms with E-state index in [-0.39, 0.29) is 10.4 Å². The molecule has 2 rings (SSSR count). The number of hydrogen-bond acceptors (Lipinski definition) is 4. The van der Waals surface area contributed by atoms with Gasteiger partial charge in [-0.15, -0.1) is 0 Å². The number of alkyl halides is 3. The lowest BCUT2D eigenvalue weighted by Crippen LogP contribution is -2.18. The highest BCUT2D eigenvalue weighted by Crippen LogP contribution is 2.47. The van der Waals surface area contributed by atoms with Gasteiger partial charge in [-0.1, -0.05) is 0 Å². The first-order valence-electron chi connectivity index (χ1n) is 5.92. The molecule has 0 spiro atoms. The SMILES string of the molecule is CSC1(CNc2ccc([N+](=O)[O-])c(C(F)(F)F)c2)CC1. The lowest BCUT2D eigenvalue weighted by Gasteiger charge is -2.15. The highest BCUT2D eigenvalue weighted by molar-refractivity contribution is 8.00. The van der Waals surface area contributed by atoms with Crippen LogP contribution in [0.1, 0.15) is 18.4 Å². The summed E-state index contributed by atoms with van der Waals surface area (Å²) in [6, 6.07) is 3.00. The highest BCUT2D eigenvalue weighted by atomic mass is 32.2. The van der Waals surface area contributed by atoms with Crippen LogP contribution in [0.3, 0.4) is 0 Å². The molecule has 0 radical (unpaired) electrons. The Morgan fingerprint density at radius 3 is 2.55 bits per heavy atom. The van der Waals surface area contributed by atoms with E-state index in [2.05, 4.69) is 5.32 Å². The summed E-state index contributed by atoms with van der Waals surface area (Å²) in [7, 11) is 0. The van der Waals surface area contributed by atoms with Crippen LogP contribution < -0.4 is 5.32 Å². The third-order valence-electron chi connectivity index (χ3n) is 3.35. The Labute approximate surface area is 117 Å². The van der Waals surface area contributed by atoms with Crippen LogP contribution in [0.2, 0.25) is 0 Å². The minimum atomic E-state index is -4.74. The normalized spacial score (nSPS) is 16.8. The standard InChI is InChI=1S/C12H13F3N2O2S/c1-20-11(4-5-11)7-16-8-2-3-10(17(18)19)9(6-8)12(13,14)15/h2-3,6,16H,4-5,7H2,1H3. The van der Waals surface area contributed by atoms with Gasteiger partial charge in [0.15, 0.2) is 0 Å². The van der Waals surface area contributed by atoms with Crippen LogP contribution in [0.15, 0.2) is 18.2 Å². The molecule has 0 aliphatic heterocycles. The van der Waals surface area contributed by atoms with Crippen molar-refractivity contribution in [3.8, 4) is 0 Å². The van der Waals surface area contributed by atoms with Gasteiger partial charge in [0.25, 0.3) is 5.69 Å². The van der Waals surface area contributed by atoms with Crippen molar-refractivity contribution in [3.63, 3.8) is 0 Å². The van der Waals surface area contributed by atoms with Gasteiger partial charge in [0.05, 0.1) is 4.92 Å². The first kappa shape index (κ1) is 15.0. The summed E-state index contributed by atoms with van der Waals surface area (Å²) in [5.41, 5.74) is -1.89. The molecule has 0 aromatic heterocycles. The van der Waals surface area contributed by atoms with Gasteiger partial charge in [0, 0.05) is 23.0 Å². The summed E-state index contributed by atoms with van der Waals surface area (Å²) in [5, 5.41) is 13.6. The van der Waals surface area contributed by atoms with Crippen molar-refractivity contribution >= 4 is 23.1 Å². The molecule has 1 aromatic rings. The first-order chi connectivity index (χ1) is 9.27. The average molecular weight is 306 g/mol. The number of nitro groups is 1. The Morgan fingerprint density at radius 2 is 2.10 bits per heavy atom. The summed E-state index contributed by atoms with van der Waals surface area (Å²) in [6.45, 7) is 0.559. The second-order valence-corrected chi connectivity index (χ2v) is 6.00. The van der Waals surface area contributed by atoms with Crippen molar-refractivity contribution in [2.75, 3.05) is 18.1 Å². The molecule has 0 atom stereocenters. The van der Waals surface area contributed by atoms with Gasteiger partial charge >= 0.3 is 6.18 Å². The van der Waals surface area contributed by atoms with E-state index < -0.39 is 22.4 Å². The van der Waals surface area contributed by atoms with Gasteiger partial charge in [0.1, 0.15) is 5.56 Å². The quantitative estimate of drug-likeness (QED) is 0.661. The summed E-state index contributed by atoms with van der Waals surface area (Å²) < 4.78 is 38.5. The molecule has 0 heterocycles. The number of rotatable bonds is 5. The van der Waals surface area contributed by atoms with E-state index in [0.29, 0.717) is 6.54 Å². The molecular weight excluding hydrogens is 293 g/mol. The number of hydrogen-bond donors (Lipinski definition) is 1. The Morgan fingerprint density at radius 1 is 1.45 bits per heavy atom. The number of nitrogens with one attached hydrogen (secondary N) is 1. The van der Waals surface area contributed by atoms with E-state index in [0.717, 1.165) is 25.0 Å². The zero-order chi connectivity index (χ0) is 15.0. The topological polar surface area (TPSA) is 55.2 Å². The minimum Gasteiger partial charge on any atom is -0.384 e. The third-order valence-corrected chi connectivity index (χ3v) is 4.77. The van der Waals surface area contributed by atoms with E-state index in [1.54, 1.807) is 11.8 Å². The molecule has 110 valence electrons. The molecule has 1 aliphatic carbocycles. The van der Waals surface area contributed by atoms with Crippen LogP contribution in [0.25, 0.3) is 0 Å². The molecule has 1 N–H and O–H groups in total. The number of benzene rings is 1. The smallest absolute Gasteiger partial charge is 0.384 e. The Kier molecular flexibility index (Phi) is 3.86. The van der Waals surface area contributed by atoms with Crippen LogP contribution >= 0.6 is 11.8 Å². The summed E-state index contributed by atoms with van der Waals surface area (Å²) >= 11 is 1.68. The Hall–Kier alpha value is -1.44. The van der Waals surface area contributed by atoms with Crippen LogP contribution in [-0.4, -0.2) is 22.5 Å².